The zero-order chi connectivity index (χ0) is 16.7. The maximum atomic E-state index is 11.6. The summed E-state index contributed by atoms with van der Waals surface area (Å²) in [5, 5.41) is 10.2. The van der Waals surface area contributed by atoms with Crippen molar-refractivity contribution < 1.29 is 9.90 Å². The van der Waals surface area contributed by atoms with E-state index >= 15 is 0 Å². The molecule has 6 heteroatoms. The molecule has 0 bridgehead atoms. The molecule has 2 aromatic carbocycles. The Kier molecular flexibility index (Phi) is 3.59. The normalized spacial score (nSPS) is 11.0. The fraction of sp³-hybridized carbons (Fsp3) is 0. The first kappa shape index (κ1) is 14.9. The number of aromatic carboxylic acids is 1. The van der Waals surface area contributed by atoms with Crippen LogP contribution in [-0.4, -0.2) is 20.5 Å². The standard InChI is InChI=1S/C18H11ClN2O2S/c19-13-8-6-11(7-9-13)14-10-21-15(12-4-2-1-3-5-12)16(17(22)23)24-18(21)20-14/h1-10H,(H,22,23). The summed E-state index contributed by atoms with van der Waals surface area (Å²) in [6.07, 6.45) is 1.86. The molecular weight excluding hydrogens is 344 g/mol. The van der Waals surface area contributed by atoms with Crippen LogP contribution in [0.15, 0.2) is 60.8 Å². The lowest BCUT2D eigenvalue weighted by Crippen LogP contribution is -1.97. The molecule has 24 heavy (non-hydrogen) atoms. The number of aromatic nitrogens is 2. The molecule has 118 valence electrons. The number of hydrogen-bond acceptors (Lipinski definition) is 3. The van der Waals surface area contributed by atoms with Gasteiger partial charge in [0, 0.05) is 22.3 Å². The predicted octanol–water partition coefficient (Wildman–Crippen LogP) is 5.08. The number of halogens is 1. The molecule has 0 spiro atoms. The van der Waals surface area contributed by atoms with Crippen molar-refractivity contribution in [2.75, 3.05) is 0 Å². The van der Waals surface area contributed by atoms with Crippen molar-refractivity contribution in [2.24, 2.45) is 0 Å². The average Bonchev–Trinajstić information content (AvgIpc) is 3.14. The first-order valence-corrected chi connectivity index (χ1v) is 8.39. The van der Waals surface area contributed by atoms with Crippen molar-refractivity contribution in [2.45, 2.75) is 0 Å². The number of nitrogens with zero attached hydrogens (tertiary/aromatic N) is 2. The smallest absolute Gasteiger partial charge is 0.348 e. The van der Waals surface area contributed by atoms with E-state index in [1.807, 2.05) is 65.2 Å². The zero-order valence-electron chi connectivity index (χ0n) is 12.3. The molecule has 0 radical (unpaired) electrons. The first-order chi connectivity index (χ1) is 11.6. The summed E-state index contributed by atoms with van der Waals surface area (Å²) < 4.78 is 1.84. The van der Waals surface area contributed by atoms with Gasteiger partial charge in [-0.05, 0) is 12.1 Å². The van der Waals surface area contributed by atoms with Gasteiger partial charge in [-0.3, -0.25) is 4.40 Å². The lowest BCUT2D eigenvalue weighted by Gasteiger charge is -2.02. The van der Waals surface area contributed by atoms with Crippen LogP contribution in [0.25, 0.3) is 27.5 Å². The highest BCUT2D eigenvalue weighted by molar-refractivity contribution is 7.19. The van der Waals surface area contributed by atoms with Crippen LogP contribution >= 0.6 is 22.9 Å². The number of carbonyl (C=O) groups is 1. The molecule has 4 aromatic rings. The van der Waals surface area contributed by atoms with Gasteiger partial charge >= 0.3 is 5.97 Å². The number of carboxylic acids is 1. The van der Waals surface area contributed by atoms with E-state index in [-0.39, 0.29) is 4.88 Å². The SMILES string of the molecule is O=C(O)c1sc2nc(-c3ccc(Cl)cc3)cn2c1-c1ccccc1. The van der Waals surface area contributed by atoms with E-state index in [1.165, 1.54) is 11.3 Å². The van der Waals surface area contributed by atoms with Gasteiger partial charge in [-0.1, -0.05) is 65.4 Å². The fourth-order valence-corrected chi connectivity index (χ4v) is 3.71. The highest BCUT2D eigenvalue weighted by Gasteiger charge is 2.21. The Morgan fingerprint density at radius 3 is 2.42 bits per heavy atom. The Balaban J connectivity index is 1.93. The second-order valence-corrected chi connectivity index (χ2v) is 6.65. The van der Waals surface area contributed by atoms with E-state index in [1.54, 1.807) is 0 Å². The summed E-state index contributed by atoms with van der Waals surface area (Å²) >= 11 is 7.10. The van der Waals surface area contributed by atoms with E-state index in [4.69, 9.17) is 11.6 Å². The van der Waals surface area contributed by atoms with Crippen molar-refractivity contribution in [3.63, 3.8) is 0 Å². The number of fused-ring (bicyclic) bond motifs is 1. The Morgan fingerprint density at radius 1 is 1.04 bits per heavy atom. The molecule has 2 aromatic heterocycles. The van der Waals surface area contributed by atoms with Gasteiger partial charge < -0.3 is 5.11 Å². The van der Waals surface area contributed by atoms with E-state index in [9.17, 15) is 9.90 Å². The minimum atomic E-state index is -0.947. The van der Waals surface area contributed by atoms with Crippen LogP contribution in [0.1, 0.15) is 9.67 Å². The summed E-state index contributed by atoms with van der Waals surface area (Å²) in [4.78, 5) is 17.1. The van der Waals surface area contributed by atoms with Gasteiger partial charge in [0.05, 0.1) is 11.4 Å². The van der Waals surface area contributed by atoms with Crippen LogP contribution in [0, 0.1) is 0 Å². The molecule has 0 fully saturated rings. The molecule has 0 atom stereocenters. The molecule has 4 nitrogen and oxygen atoms in total. The molecule has 0 aliphatic heterocycles. The molecule has 2 heterocycles. The number of imidazole rings is 1. The lowest BCUT2D eigenvalue weighted by molar-refractivity contribution is 0.0702. The molecular formula is C18H11ClN2O2S. The molecule has 0 aliphatic carbocycles. The number of benzene rings is 2. The molecule has 0 amide bonds. The van der Waals surface area contributed by atoms with E-state index < -0.39 is 5.97 Å². The van der Waals surface area contributed by atoms with Crippen LogP contribution in [0.2, 0.25) is 5.02 Å². The first-order valence-electron chi connectivity index (χ1n) is 7.20. The van der Waals surface area contributed by atoms with Gasteiger partial charge in [0.2, 0.25) is 0 Å². The summed E-state index contributed by atoms with van der Waals surface area (Å²) in [6.45, 7) is 0. The largest absolute Gasteiger partial charge is 0.477 e. The Morgan fingerprint density at radius 2 is 1.75 bits per heavy atom. The molecule has 0 unspecified atom stereocenters. The highest BCUT2D eigenvalue weighted by Crippen LogP contribution is 2.34. The maximum absolute atomic E-state index is 11.6. The highest BCUT2D eigenvalue weighted by atomic mass is 35.5. The molecule has 0 aliphatic rings. The third kappa shape index (κ3) is 2.48. The average molecular weight is 355 g/mol. The number of carboxylic acid groups (broad SMARTS) is 1. The van der Waals surface area contributed by atoms with Crippen LogP contribution in [-0.2, 0) is 0 Å². The van der Waals surface area contributed by atoms with Gasteiger partial charge in [-0.2, -0.15) is 0 Å². The van der Waals surface area contributed by atoms with Crippen molar-refractivity contribution in [1.29, 1.82) is 0 Å². The summed E-state index contributed by atoms with van der Waals surface area (Å²) in [7, 11) is 0. The van der Waals surface area contributed by atoms with Crippen molar-refractivity contribution in [1.82, 2.24) is 9.38 Å². The second-order valence-electron chi connectivity index (χ2n) is 5.24. The minimum Gasteiger partial charge on any atom is -0.477 e. The monoisotopic (exact) mass is 354 g/mol. The molecule has 1 N–H and O–H groups in total. The summed E-state index contributed by atoms with van der Waals surface area (Å²) in [6, 6.07) is 16.9. The van der Waals surface area contributed by atoms with Crippen LogP contribution in [0.4, 0.5) is 0 Å². The minimum absolute atomic E-state index is 0.284. The second kappa shape index (κ2) is 5.78. The van der Waals surface area contributed by atoms with Crippen LogP contribution in [0.3, 0.4) is 0 Å². The van der Waals surface area contributed by atoms with Gasteiger partial charge in [-0.25, -0.2) is 9.78 Å². The zero-order valence-corrected chi connectivity index (χ0v) is 13.9. The molecule has 4 rings (SSSR count). The number of rotatable bonds is 3. The quantitative estimate of drug-likeness (QED) is 0.558. The van der Waals surface area contributed by atoms with Crippen molar-refractivity contribution in [3.8, 4) is 22.5 Å². The van der Waals surface area contributed by atoms with Gasteiger partial charge in [0.25, 0.3) is 0 Å². The van der Waals surface area contributed by atoms with Gasteiger partial charge in [-0.15, -0.1) is 0 Å². The predicted molar refractivity (Wildman–Crippen MR) is 95.9 cm³/mol. The number of thiazole rings is 1. The Labute approximate surface area is 146 Å². The topological polar surface area (TPSA) is 54.6 Å². The third-order valence-corrected chi connectivity index (χ3v) is 5.00. The number of hydrogen-bond donors (Lipinski definition) is 1. The Hall–Kier alpha value is -2.63. The van der Waals surface area contributed by atoms with Gasteiger partial charge in [0.1, 0.15) is 4.88 Å². The van der Waals surface area contributed by atoms with Crippen molar-refractivity contribution >= 4 is 33.9 Å². The molecule has 0 saturated carbocycles. The maximum Gasteiger partial charge on any atom is 0.348 e. The third-order valence-electron chi connectivity index (χ3n) is 3.70. The summed E-state index contributed by atoms with van der Waals surface area (Å²) in [5.41, 5.74) is 3.22. The fourth-order valence-electron chi connectivity index (χ4n) is 2.62. The van der Waals surface area contributed by atoms with Crippen LogP contribution < -0.4 is 0 Å². The van der Waals surface area contributed by atoms with Crippen molar-refractivity contribution in [3.05, 3.63) is 70.7 Å². The van der Waals surface area contributed by atoms with Gasteiger partial charge in [0.15, 0.2) is 4.96 Å². The van der Waals surface area contributed by atoms with E-state index in [2.05, 4.69) is 4.98 Å². The Bertz CT molecular complexity index is 1040. The summed E-state index contributed by atoms with van der Waals surface area (Å²) in [5.74, 6) is -0.947. The molecule has 0 saturated heterocycles. The van der Waals surface area contributed by atoms with E-state index in [0.29, 0.717) is 15.7 Å². The van der Waals surface area contributed by atoms with Crippen LogP contribution in [0.5, 0.6) is 0 Å². The lowest BCUT2D eigenvalue weighted by atomic mass is 10.1. The van der Waals surface area contributed by atoms with E-state index in [0.717, 1.165) is 16.8 Å².